The molecule has 1 saturated carbocycles. The number of phenols is 1. The van der Waals surface area contributed by atoms with Gasteiger partial charge in [0.15, 0.2) is 0 Å². The fourth-order valence-corrected chi connectivity index (χ4v) is 3.35. The molecule has 1 aromatic heterocycles. The topological polar surface area (TPSA) is 68.2 Å². The van der Waals surface area contributed by atoms with Crippen molar-refractivity contribution in [3.8, 4) is 16.9 Å². The molecule has 116 valence electrons. The summed E-state index contributed by atoms with van der Waals surface area (Å²) in [5.41, 5.74) is 10.2. The van der Waals surface area contributed by atoms with Crippen LogP contribution in [0.3, 0.4) is 0 Å². The van der Waals surface area contributed by atoms with Crippen LogP contribution in [0, 0.1) is 6.92 Å². The number of aromatic hydroxyl groups is 1. The maximum Gasteiger partial charge on any atom is 0.251 e. The first-order valence-electron chi connectivity index (χ1n) is 7.87. The van der Waals surface area contributed by atoms with Gasteiger partial charge in [-0.15, -0.1) is 0 Å². The van der Waals surface area contributed by atoms with Crippen molar-refractivity contribution in [2.24, 2.45) is 5.73 Å². The Balaban J connectivity index is 2.30. The number of benzene rings is 1. The summed E-state index contributed by atoms with van der Waals surface area (Å²) in [6.07, 6.45) is 4.21. The normalized spacial score (nSPS) is 14.3. The highest BCUT2D eigenvalue weighted by Crippen LogP contribution is 2.43. The molecule has 1 aromatic carbocycles. The number of nitrogens with two attached hydrogens (primary N) is 1. The minimum atomic E-state index is -0.396. The van der Waals surface area contributed by atoms with Crippen molar-refractivity contribution < 1.29 is 9.90 Å². The first-order chi connectivity index (χ1) is 10.5. The Labute approximate surface area is 130 Å². The molecule has 0 spiro atoms. The summed E-state index contributed by atoms with van der Waals surface area (Å²) in [5.74, 6) is -0.195. The summed E-state index contributed by atoms with van der Waals surface area (Å²) >= 11 is 0. The van der Waals surface area contributed by atoms with Gasteiger partial charge in [0.05, 0.1) is 5.56 Å². The molecule has 0 unspecified atom stereocenters. The Hall–Kier alpha value is -2.23. The van der Waals surface area contributed by atoms with Crippen LogP contribution in [0.4, 0.5) is 0 Å². The van der Waals surface area contributed by atoms with Gasteiger partial charge in [0, 0.05) is 23.0 Å². The highest BCUT2D eigenvalue weighted by molar-refractivity contribution is 6.02. The van der Waals surface area contributed by atoms with Gasteiger partial charge in [-0.3, -0.25) is 4.79 Å². The Kier molecular flexibility index (Phi) is 3.69. The van der Waals surface area contributed by atoms with Crippen LogP contribution in [0.2, 0.25) is 0 Å². The van der Waals surface area contributed by atoms with Gasteiger partial charge < -0.3 is 15.4 Å². The molecule has 1 aliphatic carbocycles. The Morgan fingerprint density at radius 3 is 2.68 bits per heavy atom. The van der Waals surface area contributed by atoms with E-state index >= 15 is 0 Å². The van der Waals surface area contributed by atoms with Crippen LogP contribution < -0.4 is 5.73 Å². The number of carbonyl (C=O) groups is 1. The van der Waals surface area contributed by atoms with E-state index in [0.29, 0.717) is 11.6 Å². The van der Waals surface area contributed by atoms with Gasteiger partial charge >= 0.3 is 0 Å². The van der Waals surface area contributed by atoms with Gasteiger partial charge in [0.1, 0.15) is 5.75 Å². The third-order valence-corrected chi connectivity index (χ3v) is 4.33. The van der Waals surface area contributed by atoms with Crippen LogP contribution in [0.5, 0.6) is 5.75 Å². The zero-order chi connectivity index (χ0) is 15.9. The molecule has 0 atom stereocenters. The van der Waals surface area contributed by atoms with Crippen LogP contribution in [0.25, 0.3) is 11.1 Å². The maximum atomic E-state index is 12.1. The summed E-state index contributed by atoms with van der Waals surface area (Å²) in [5, 5.41) is 9.80. The van der Waals surface area contributed by atoms with Crippen molar-refractivity contribution in [1.82, 2.24) is 4.57 Å². The van der Waals surface area contributed by atoms with Crippen molar-refractivity contribution in [2.75, 3.05) is 0 Å². The molecule has 0 bridgehead atoms. The summed E-state index contributed by atoms with van der Waals surface area (Å²) < 4.78 is 2.29. The standard InChI is InChI=1S/C18H22N2O2/c1-3-5-15-17(12-6-4-7-14(21)10-12)16(18(19)22)11(2)20(15)13-8-9-13/h4,6-7,10,13,21H,3,5,8-9H2,1-2H3,(H2,19,22). The molecule has 0 saturated heterocycles. The second kappa shape index (κ2) is 5.52. The van der Waals surface area contributed by atoms with Crippen molar-refractivity contribution in [3.63, 3.8) is 0 Å². The predicted molar refractivity (Wildman–Crippen MR) is 87.1 cm³/mol. The van der Waals surface area contributed by atoms with E-state index in [1.807, 2.05) is 13.0 Å². The van der Waals surface area contributed by atoms with E-state index in [0.717, 1.165) is 42.5 Å². The minimum Gasteiger partial charge on any atom is -0.508 e. The molecule has 0 aliphatic heterocycles. The van der Waals surface area contributed by atoms with E-state index in [1.165, 1.54) is 5.69 Å². The fraction of sp³-hybridized carbons (Fsp3) is 0.389. The highest BCUT2D eigenvalue weighted by Gasteiger charge is 2.32. The number of amides is 1. The van der Waals surface area contributed by atoms with Crippen LogP contribution >= 0.6 is 0 Å². The second-order valence-electron chi connectivity index (χ2n) is 6.05. The number of phenolic OH excluding ortho intramolecular Hbond substituents is 1. The minimum absolute atomic E-state index is 0.201. The van der Waals surface area contributed by atoms with E-state index in [4.69, 9.17) is 5.73 Å². The predicted octanol–water partition coefficient (Wildman–Crippen LogP) is 3.56. The van der Waals surface area contributed by atoms with Crippen molar-refractivity contribution >= 4 is 5.91 Å². The molecule has 4 nitrogen and oxygen atoms in total. The number of rotatable bonds is 5. The Bertz CT molecular complexity index is 727. The molecule has 0 radical (unpaired) electrons. The van der Waals surface area contributed by atoms with Gasteiger partial charge in [-0.05, 0) is 43.9 Å². The quantitative estimate of drug-likeness (QED) is 0.886. The van der Waals surface area contributed by atoms with Gasteiger partial charge in [0.2, 0.25) is 0 Å². The molecule has 2 aromatic rings. The SMILES string of the molecule is CCCc1c(-c2cccc(O)c2)c(C(N)=O)c(C)n1C1CC1. The number of carbonyl (C=O) groups excluding carboxylic acids is 1. The van der Waals surface area contributed by atoms with Crippen LogP contribution in [0.1, 0.15) is 54.0 Å². The fourth-order valence-electron chi connectivity index (χ4n) is 3.35. The third kappa shape index (κ3) is 2.39. The molecule has 4 heteroatoms. The zero-order valence-corrected chi connectivity index (χ0v) is 13.1. The van der Waals surface area contributed by atoms with Crippen molar-refractivity contribution in [3.05, 3.63) is 41.2 Å². The van der Waals surface area contributed by atoms with E-state index < -0.39 is 5.91 Å². The summed E-state index contributed by atoms with van der Waals surface area (Å²) in [7, 11) is 0. The van der Waals surface area contributed by atoms with E-state index in [2.05, 4.69) is 11.5 Å². The summed E-state index contributed by atoms with van der Waals surface area (Å²) in [6.45, 7) is 4.11. The lowest BCUT2D eigenvalue weighted by Crippen LogP contribution is -2.13. The van der Waals surface area contributed by atoms with Gasteiger partial charge in [0.25, 0.3) is 5.91 Å². The van der Waals surface area contributed by atoms with Gasteiger partial charge in [-0.2, -0.15) is 0 Å². The highest BCUT2D eigenvalue weighted by atomic mass is 16.3. The van der Waals surface area contributed by atoms with E-state index in [-0.39, 0.29) is 5.75 Å². The molecule has 1 aliphatic rings. The van der Waals surface area contributed by atoms with Crippen molar-refractivity contribution in [2.45, 2.75) is 45.6 Å². The molecular formula is C18H22N2O2. The van der Waals surface area contributed by atoms with E-state index in [1.54, 1.807) is 18.2 Å². The first kappa shape index (κ1) is 14.7. The number of nitrogens with zero attached hydrogens (tertiary/aromatic N) is 1. The lowest BCUT2D eigenvalue weighted by Gasteiger charge is -2.11. The average Bonchev–Trinajstić information content (AvgIpc) is 3.24. The molecule has 3 rings (SSSR count). The van der Waals surface area contributed by atoms with Crippen molar-refractivity contribution in [1.29, 1.82) is 0 Å². The number of hydrogen-bond acceptors (Lipinski definition) is 2. The summed E-state index contributed by atoms with van der Waals surface area (Å²) in [6, 6.07) is 7.56. The molecule has 22 heavy (non-hydrogen) atoms. The van der Waals surface area contributed by atoms with Crippen LogP contribution in [-0.4, -0.2) is 15.6 Å². The monoisotopic (exact) mass is 298 g/mol. The Morgan fingerprint density at radius 2 is 2.14 bits per heavy atom. The largest absolute Gasteiger partial charge is 0.508 e. The van der Waals surface area contributed by atoms with Gasteiger partial charge in [-0.25, -0.2) is 0 Å². The zero-order valence-electron chi connectivity index (χ0n) is 13.1. The Morgan fingerprint density at radius 1 is 1.41 bits per heavy atom. The molecule has 1 amide bonds. The number of primary amides is 1. The van der Waals surface area contributed by atoms with Crippen LogP contribution in [-0.2, 0) is 6.42 Å². The second-order valence-corrected chi connectivity index (χ2v) is 6.05. The number of hydrogen-bond donors (Lipinski definition) is 2. The summed E-state index contributed by atoms with van der Waals surface area (Å²) in [4.78, 5) is 12.1. The molecule has 1 heterocycles. The van der Waals surface area contributed by atoms with Gasteiger partial charge in [-0.1, -0.05) is 25.5 Å². The maximum absolute atomic E-state index is 12.1. The average molecular weight is 298 g/mol. The molecule has 3 N–H and O–H groups in total. The molecule has 1 fully saturated rings. The third-order valence-electron chi connectivity index (χ3n) is 4.33. The number of aromatic nitrogens is 1. The smallest absolute Gasteiger partial charge is 0.251 e. The lowest BCUT2D eigenvalue weighted by molar-refractivity contribution is 0.1000. The van der Waals surface area contributed by atoms with Crippen LogP contribution in [0.15, 0.2) is 24.3 Å². The lowest BCUT2D eigenvalue weighted by atomic mass is 9.98. The molecular weight excluding hydrogens is 276 g/mol. The first-order valence-corrected chi connectivity index (χ1v) is 7.87. The van der Waals surface area contributed by atoms with E-state index in [9.17, 15) is 9.90 Å².